The van der Waals surface area contributed by atoms with Gasteiger partial charge in [0.25, 0.3) is 0 Å². The fourth-order valence-electron chi connectivity index (χ4n) is 1.34. The Labute approximate surface area is 104 Å². The van der Waals surface area contributed by atoms with Gasteiger partial charge in [-0.25, -0.2) is 10.8 Å². The number of hydrogen-bond donors (Lipinski definition) is 2. The minimum Gasteiger partial charge on any atom is -0.496 e. The minimum absolute atomic E-state index is 0.629. The topological polar surface area (TPSA) is 59.6 Å². The zero-order valence-electron chi connectivity index (χ0n) is 9.38. The monoisotopic (exact) mass is 247 g/mol. The third kappa shape index (κ3) is 2.83. The second-order valence-electron chi connectivity index (χ2n) is 3.29. The molecule has 0 spiro atoms. The van der Waals surface area contributed by atoms with Crippen LogP contribution >= 0.6 is 11.3 Å². The van der Waals surface area contributed by atoms with Crippen LogP contribution in [-0.4, -0.2) is 12.9 Å². The average molecular weight is 247 g/mol. The Bertz CT molecular complexity index is 507. The molecule has 0 aliphatic carbocycles. The van der Waals surface area contributed by atoms with Crippen molar-refractivity contribution in [3.05, 3.63) is 46.7 Å². The molecule has 0 fully saturated rings. The first-order chi connectivity index (χ1) is 8.33. The number of ether oxygens (including phenoxy) is 1. The zero-order valence-corrected chi connectivity index (χ0v) is 10.2. The smallest absolute Gasteiger partial charge is 0.158 e. The predicted molar refractivity (Wildman–Crippen MR) is 70.8 cm³/mol. The molecule has 1 heterocycles. The molecular formula is C12H13N3OS. The van der Waals surface area contributed by atoms with Crippen LogP contribution in [0.15, 0.2) is 46.8 Å². The van der Waals surface area contributed by atoms with Gasteiger partial charge in [0.2, 0.25) is 0 Å². The Hall–Kier alpha value is -1.85. The summed E-state index contributed by atoms with van der Waals surface area (Å²) in [6.07, 6.45) is 0. The molecule has 1 aromatic carbocycles. The summed E-state index contributed by atoms with van der Waals surface area (Å²) in [6, 6.07) is 11.5. The summed E-state index contributed by atoms with van der Waals surface area (Å²) in [7, 11) is 1.63. The van der Waals surface area contributed by atoms with Crippen LogP contribution < -0.4 is 16.0 Å². The summed E-state index contributed by atoms with van der Waals surface area (Å²) >= 11 is 1.53. The fourth-order valence-corrected chi connectivity index (χ4v) is 2.15. The largest absolute Gasteiger partial charge is 0.496 e. The first-order valence-electron chi connectivity index (χ1n) is 5.06. The predicted octanol–water partition coefficient (Wildman–Crippen LogP) is 2.30. The molecule has 0 saturated carbocycles. The van der Waals surface area contributed by atoms with Crippen molar-refractivity contribution in [3.8, 4) is 5.75 Å². The van der Waals surface area contributed by atoms with E-state index in [9.17, 15) is 0 Å². The normalized spacial score (nSPS) is 11.3. The molecule has 0 aliphatic heterocycles. The van der Waals surface area contributed by atoms with Crippen LogP contribution in [0.4, 0.5) is 5.69 Å². The lowest BCUT2D eigenvalue weighted by Gasteiger charge is -2.02. The molecule has 88 valence electrons. The zero-order chi connectivity index (χ0) is 12.1. The number of nitrogens with one attached hydrogen (secondary N) is 1. The number of amidine groups is 1. The van der Waals surface area contributed by atoms with Crippen molar-refractivity contribution < 1.29 is 4.74 Å². The van der Waals surface area contributed by atoms with Crippen molar-refractivity contribution in [3.63, 3.8) is 0 Å². The summed E-state index contributed by atoms with van der Waals surface area (Å²) in [5.74, 6) is 6.92. The maximum absolute atomic E-state index is 5.49. The van der Waals surface area contributed by atoms with Crippen molar-refractivity contribution >= 4 is 22.9 Å². The van der Waals surface area contributed by atoms with E-state index in [0.717, 1.165) is 16.3 Å². The molecule has 0 radical (unpaired) electrons. The number of rotatable bonds is 3. The molecule has 0 atom stereocenters. The van der Waals surface area contributed by atoms with E-state index in [1.54, 1.807) is 7.11 Å². The van der Waals surface area contributed by atoms with E-state index in [2.05, 4.69) is 10.4 Å². The van der Waals surface area contributed by atoms with E-state index in [-0.39, 0.29) is 0 Å². The van der Waals surface area contributed by atoms with Gasteiger partial charge in [-0.3, -0.25) is 0 Å². The SMILES string of the molecule is COc1csc(C(=Nc2ccccc2)NN)c1. The molecule has 3 N–H and O–H groups in total. The maximum Gasteiger partial charge on any atom is 0.158 e. The van der Waals surface area contributed by atoms with Gasteiger partial charge in [-0.15, -0.1) is 11.3 Å². The van der Waals surface area contributed by atoms with E-state index >= 15 is 0 Å². The second kappa shape index (κ2) is 5.47. The van der Waals surface area contributed by atoms with Gasteiger partial charge in [0.15, 0.2) is 5.84 Å². The van der Waals surface area contributed by atoms with Crippen LogP contribution in [0.25, 0.3) is 0 Å². The minimum atomic E-state index is 0.629. The third-order valence-electron chi connectivity index (χ3n) is 2.18. The van der Waals surface area contributed by atoms with E-state index in [1.807, 2.05) is 41.8 Å². The molecular weight excluding hydrogens is 234 g/mol. The number of para-hydroxylation sites is 1. The molecule has 1 aromatic heterocycles. The number of hydrogen-bond acceptors (Lipinski definition) is 4. The van der Waals surface area contributed by atoms with Crippen molar-refractivity contribution in [1.82, 2.24) is 5.43 Å². The molecule has 17 heavy (non-hydrogen) atoms. The first kappa shape index (κ1) is 11.6. The number of thiophene rings is 1. The number of nitrogens with two attached hydrogens (primary N) is 1. The van der Waals surface area contributed by atoms with Crippen molar-refractivity contribution in [1.29, 1.82) is 0 Å². The van der Waals surface area contributed by atoms with Crippen LogP contribution in [0, 0.1) is 0 Å². The standard InChI is InChI=1S/C12H13N3OS/c1-16-10-7-11(17-8-10)12(15-13)14-9-5-3-2-4-6-9/h2-8H,13H2,1H3,(H,14,15). The van der Waals surface area contributed by atoms with Crippen molar-refractivity contribution in [2.45, 2.75) is 0 Å². The van der Waals surface area contributed by atoms with Gasteiger partial charge in [-0.05, 0) is 12.1 Å². The Kier molecular flexibility index (Phi) is 3.74. The highest BCUT2D eigenvalue weighted by Gasteiger charge is 2.06. The first-order valence-corrected chi connectivity index (χ1v) is 5.94. The van der Waals surface area contributed by atoms with Gasteiger partial charge in [0.05, 0.1) is 17.7 Å². The van der Waals surface area contributed by atoms with Crippen molar-refractivity contribution in [2.24, 2.45) is 10.8 Å². The van der Waals surface area contributed by atoms with Crippen LogP contribution in [0.1, 0.15) is 4.88 Å². The van der Waals surface area contributed by atoms with Crippen molar-refractivity contribution in [2.75, 3.05) is 7.11 Å². The third-order valence-corrected chi connectivity index (χ3v) is 3.09. The quantitative estimate of drug-likeness (QED) is 0.379. The van der Waals surface area contributed by atoms with Gasteiger partial charge in [-0.1, -0.05) is 18.2 Å². The number of methoxy groups -OCH3 is 1. The number of aliphatic imine (C=N–C) groups is 1. The van der Waals surface area contributed by atoms with Crippen LogP contribution in [0.5, 0.6) is 5.75 Å². The number of hydrazine groups is 1. The Morgan fingerprint density at radius 1 is 1.35 bits per heavy atom. The molecule has 2 aromatic rings. The lowest BCUT2D eigenvalue weighted by atomic mass is 10.3. The maximum atomic E-state index is 5.49. The molecule has 0 bridgehead atoms. The van der Waals surface area contributed by atoms with E-state index < -0.39 is 0 Å². The lowest BCUT2D eigenvalue weighted by molar-refractivity contribution is 0.416. The van der Waals surface area contributed by atoms with Gasteiger partial charge < -0.3 is 10.2 Å². The Balaban J connectivity index is 2.30. The van der Waals surface area contributed by atoms with Gasteiger partial charge in [0.1, 0.15) is 5.75 Å². The molecule has 0 aliphatic rings. The Morgan fingerprint density at radius 3 is 2.71 bits per heavy atom. The highest BCUT2D eigenvalue weighted by atomic mass is 32.1. The summed E-state index contributed by atoms with van der Waals surface area (Å²) < 4.78 is 5.13. The molecule has 5 heteroatoms. The highest BCUT2D eigenvalue weighted by Crippen LogP contribution is 2.22. The lowest BCUT2D eigenvalue weighted by Crippen LogP contribution is -2.30. The highest BCUT2D eigenvalue weighted by molar-refractivity contribution is 7.12. The summed E-state index contributed by atoms with van der Waals surface area (Å²) in [5, 5.41) is 1.91. The molecule has 0 unspecified atom stereocenters. The van der Waals surface area contributed by atoms with Crippen LogP contribution in [0.2, 0.25) is 0 Å². The van der Waals surface area contributed by atoms with E-state index in [0.29, 0.717) is 5.84 Å². The molecule has 4 nitrogen and oxygen atoms in total. The van der Waals surface area contributed by atoms with Gasteiger partial charge in [0, 0.05) is 11.4 Å². The fraction of sp³-hybridized carbons (Fsp3) is 0.0833. The average Bonchev–Trinajstić information content (AvgIpc) is 2.86. The van der Waals surface area contributed by atoms with Crippen LogP contribution in [-0.2, 0) is 0 Å². The van der Waals surface area contributed by atoms with Gasteiger partial charge >= 0.3 is 0 Å². The summed E-state index contributed by atoms with van der Waals surface area (Å²) in [6.45, 7) is 0. The second-order valence-corrected chi connectivity index (χ2v) is 4.20. The number of nitrogens with zero attached hydrogens (tertiary/aromatic N) is 1. The summed E-state index contributed by atoms with van der Waals surface area (Å²) in [4.78, 5) is 5.37. The molecule has 0 amide bonds. The van der Waals surface area contributed by atoms with E-state index in [1.165, 1.54) is 11.3 Å². The Morgan fingerprint density at radius 2 is 2.12 bits per heavy atom. The number of benzene rings is 1. The molecule has 0 saturated heterocycles. The molecule has 2 rings (SSSR count). The van der Waals surface area contributed by atoms with Gasteiger partial charge in [-0.2, -0.15) is 0 Å². The summed E-state index contributed by atoms with van der Waals surface area (Å²) in [5.41, 5.74) is 3.46. The van der Waals surface area contributed by atoms with E-state index in [4.69, 9.17) is 10.6 Å². The van der Waals surface area contributed by atoms with Crippen LogP contribution in [0.3, 0.4) is 0 Å².